The Morgan fingerprint density at radius 3 is 2.41 bits per heavy atom. The Balaban J connectivity index is 0.00000102. The van der Waals surface area contributed by atoms with Gasteiger partial charge in [-0.2, -0.15) is 0 Å². The number of carbonyl (C=O) groups is 1. The third-order valence-electron chi connectivity index (χ3n) is 4.10. The van der Waals surface area contributed by atoms with Crippen LogP contribution in [0.3, 0.4) is 0 Å². The van der Waals surface area contributed by atoms with Crippen molar-refractivity contribution >= 4 is 16.9 Å². The summed E-state index contributed by atoms with van der Waals surface area (Å²) in [5.41, 5.74) is 2.10. The van der Waals surface area contributed by atoms with Crippen LogP contribution in [0.5, 0.6) is 5.75 Å². The highest BCUT2D eigenvalue weighted by atomic mass is 16.4. The lowest BCUT2D eigenvalue weighted by Gasteiger charge is -2.16. The monoisotopic (exact) mass is 360 g/mol. The topological polar surface area (TPSA) is 87.7 Å². The van der Waals surface area contributed by atoms with Crippen molar-refractivity contribution in [3.63, 3.8) is 0 Å². The molecule has 2 aromatic rings. The molecular weight excluding hydrogens is 344 g/mol. The second-order valence-corrected chi connectivity index (χ2v) is 5.67. The number of fused-ring (bicyclic) bond motifs is 2. The van der Waals surface area contributed by atoms with E-state index in [1.807, 2.05) is 0 Å². The van der Waals surface area contributed by atoms with Crippen molar-refractivity contribution in [2.45, 2.75) is 0 Å². The summed E-state index contributed by atoms with van der Waals surface area (Å²) in [6.07, 6.45) is 0. The number of phenols is 1. The van der Waals surface area contributed by atoms with Gasteiger partial charge in [0.15, 0.2) is 5.43 Å². The number of phenolic OH excluding ortho intramolecular Hbond substituents is 1. The van der Waals surface area contributed by atoms with Crippen LogP contribution < -0.4 is 5.43 Å². The van der Waals surface area contributed by atoms with E-state index >= 15 is 0 Å². The van der Waals surface area contributed by atoms with Gasteiger partial charge in [-0.1, -0.05) is 18.2 Å². The molecule has 1 aliphatic heterocycles. The predicted octanol–water partition coefficient (Wildman–Crippen LogP) is 4.77. The minimum absolute atomic E-state index is 0.0198. The van der Waals surface area contributed by atoms with Crippen LogP contribution in [0.2, 0.25) is 0 Å². The Kier molecular flexibility index (Phi) is 4.77. The molecule has 4 rings (SSSR count). The van der Waals surface area contributed by atoms with E-state index in [0.29, 0.717) is 33.4 Å². The summed E-state index contributed by atoms with van der Waals surface area (Å²) in [7, 11) is 0. The van der Waals surface area contributed by atoms with Crippen molar-refractivity contribution in [2.24, 2.45) is 0 Å². The molecule has 0 saturated carbocycles. The van der Waals surface area contributed by atoms with Crippen LogP contribution in [-0.2, 0) is 0 Å². The molecule has 0 bridgehead atoms. The average molecular weight is 360 g/mol. The van der Waals surface area contributed by atoms with E-state index in [1.54, 1.807) is 30.3 Å². The van der Waals surface area contributed by atoms with Gasteiger partial charge in [-0.3, -0.25) is 4.79 Å². The molecular formula is C22H16O5. The number of carboxylic acid groups (broad SMARTS) is 1. The van der Waals surface area contributed by atoms with Gasteiger partial charge in [-0.15, -0.1) is 13.2 Å². The Morgan fingerprint density at radius 1 is 0.926 bits per heavy atom. The first-order valence-corrected chi connectivity index (χ1v) is 8.07. The number of hydrogen-bond acceptors (Lipinski definition) is 4. The van der Waals surface area contributed by atoms with E-state index < -0.39 is 5.97 Å². The molecule has 0 fully saturated rings. The summed E-state index contributed by atoms with van der Waals surface area (Å²) in [6.45, 7) is 6.00. The van der Waals surface area contributed by atoms with Crippen molar-refractivity contribution in [3.05, 3.63) is 89.6 Å². The Morgan fingerprint density at radius 2 is 1.67 bits per heavy atom. The van der Waals surface area contributed by atoms with Gasteiger partial charge in [-0.05, 0) is 35.9 Å². The first kappa shape index (κ1) is 17.9. The molecule has 2 aromatic carbocycles. The van der Waals surface area contributed by atoms with Gasteiger partial charge < -0.3 is 14.6 Å². The first-order chi connectivity index (χ1) is 13.0. The normalized spacial score (nSPS) is 10.4. The highest BCUT2D eigenvalue weighted by Crippen LogP contribution is 2.41. The van der Waals surface area contributed by atoms with Gasteiger partial charge in [0.05, 0.1) is 5.56 Å². The lowest BCUT2D eigenvalue weighted by atomic mass is 9.91. The quantitative estimate of drug-likeness (QED) is 0.397. The summed E-state index contributed by atoms with van der Waals surface area (Å²) in [5, 5.41) is 19.9. The lowest BCUT2D eigenvalue weighted by molar-refractivity contribution is 0.0697. The van der Waals surface area contributed by atoms with Crippen LogP contribution in [0.25, 0.3) is 33.4 Å². The number of benzene rings is 3. The van der Waals surface area contributed by atoms with Crippen LogP contribution >= 0.6 is 0 Å². The second-order valence-electron chi connectivity index (χ2n) is 5.67. The highest BCUT2D eigenvalue weighted by molar-refractivity contribution is 6.07. The van der Waals surface area contributed by atoms with Crippen molar-refractivity contribution in [2.75, 3.05) is 0 Å². The molecule has 134 valence electrons. The van der Waals surface area contributed by atoms with Crippen molar-refractivity contribution < 1.29 is 19.4 Å². The number of carboxylic acids is 1. The van der Waals surface area contributed by atoms with Gasteiger partial charge in [0, 0.05) is 28.6 Å². The zero-order valence-corrected chi connectivity index (χ0v) is 14.3. The fraction of sp³-hybridized carbons (Fsp3) is 0. The third-order valence-corrected chi connectivity index (χ3v) is 4.10. The maximum absolute atomic E-state index is 11.7. The Hall–Kier alpha value is -3.86. The van der Waals surface area contributed by atoms with E-state index in [9.17, 15) is 19.8 Å². The molecule has 27 heavy (non-hydrogen) atoms. The zero-order valence-electron chi connectivity index (χ0n) is 14.3. The third kappa shape index (κ3) is 3.18. The molecule has 5 nitrogen and oxygen atoms in total. The number of rotatable bonds is 2. The van der Waals surface area contributed by atoms with Gasteiger partial charge in [0.1, 0.15) is 17.1 Å². The number of aromatic hydroxyl groups is 1. The molecule has 0 amide bonds. The molecule has 1 heterocycles. The molecule has 0 unspecified atom stereocenters. The maximum Gasteiger partial charge on any atom is 0.336 e. The first-order valence-electron chi connectivity index (χ1n) is 8.07. The van der Waals surface area contributed by atoms with Gasteiger partial charge in [0.2, 0.25) is 0 Å². The molecule has 0 saturated heterocycles. The summed E-state index contributed by atoms with van der Waals surface area (Å²) in [5.74, 6) is -0.691. The maximum atomic E-state index is 11.7. The van der Waals surface area contributed by atoms with Crippen LogP contribution in [0, 0.1) is 0 Å². The molecule has 0 spiro atoms. The standard InChI is InChI=1S/C20H12O5.C2H4/c21-11-5-7-15-17(9-11)25-18-10-12(22)6-8-16(18)19(15)13-3-1-2-4-14(13)20(23)24;1-2/h1-10,21H,(H,23,24);1-2H2. The molecule has 0 radical (unpaired) electrons. The van der Waals surface area contributed by atoms with Gasteiger partial charge in [-0.25, -0.2) is 4.79 Å². The van der Waals surface area contributed by atoms with Crippen LogP contribution in [0.15, 0.2) is 83.0 Å². The van der Waals surface area contributed by atoms with E-state index in [1.165, 1.54) is 30.3 Å². The molecule has 0 atom stereocenters. The van der Waals surface area contributed by atoms with E-state index in [-0.39, 0.29) is 16.7 Å². The van der Waals surface area contributed by atoms with Gasteiger partial charge in [0.25, 0.3) is 0 Å². The minimum Gasteiger partial charge on any atom is -0.508 e. The van der Waals surface area contributed by atoms with Crippen LogP contribution in [0.4, 0.5) is 0 Å². The summed E-state index contributed by atoms with van der Waals surface area (Å²) in [6, 6.07) is 15.7. The smallest absolute Gasteiger partial charge is 0.336 e. The largest absolute Gasteiger partial charge is 0.508 e. The fourth-order valence-corrected chi connectivity index (χ4v) is 3.04. The van der Waals surface area contributed by atoms with E-state index in [2.05, 4.69) is 13.2 Å². The minimum atomic E-state index is -1.04. The fourth-order valence-electron chi connectivity index (χ4n) is 3.04. The number of hydrogen-bond donors (Lipinski definition) is 2. The molecule has 2 N–H and O–H groups in total. The summed E-state index contributed by atoms with van der Waals surface area (Å²) in [4.78, 5) is 23.4. The average Bonchev–Trinajstić information content (AvgIpc) is 2.67. The van der Waals surface area contributed by atoms with Crippen LogP contribution in [0.1, 0.15) is 10.4 Å². The molecule has 1 aliphatic carbocycles. The van der Waals surface area contributed by atoms with Gasteiger partial charge >= 0.3 is 5.97 Å². The van der Waals surface area contributed by atoms with Crippen molar-refractivity contribution in [1.82, 2.24) is 0 Å². The highest BCUT2D eigenvalue weighted by Gasteiger charge is 2.21. The van der Waals surface area contributed by atoms with Crippen LogP contribution in [-0.4, -0.2) is 16.2 Å². The zero-order chi connectivity index (χ0) is 19.6. The summed E-state index contributed by atoms with van der Waals surface area (Å²) < 4.78 is 5.76. The second kappa shape index (κ2) is 7.17. The predicted molar refractivity (Wildman–Crippen MR) is 104 cm³/mol. The Bertz CT molecular complexity index is 1170. The molecule has 0 aromatic heterocycles. The van der Waals surface area contributed by atoms with Crippen molar-refractivity contribution in [3.8, 4) is 28.2 Å². The van der Waals surface area contributed by atoms with Crippen molar-refractivity contribution in [1.29, 1.82) is 0 Å². The number of aromatic carboxylic acids is 1. The molecule has 5 heteroatoms. The summed E-state index contributed by atoms with van der Waals surface area (Å²) >= 11 is 0. The lowest BCUT2D eigenvalue weighted by Crippen LogP contribution is -2.03. The SMILES string of the molecule is C=C.O=C(O)c1ccccc1-c1c2ccc(=O)cc-2oc2cc(O)ccc12. The van der Waals surface area contributed by atoms with E-state index in [0.717, 1.165) is 0 Å². The van der Waals surface area contributed by atoms with E-state index in [4.69, 9.17) is 4.42 Å². The molecule has 2 aliphatic rings. The Labute approximate surface area is 154 Å².